The molecule has 2 aromatic heterocycles. The maximum atomic E-state index is 11.7. The van der Waals surface area contributed by atoms with Crippen molar-refractivity contribution >= 4 is 28.5 Å². The number of rotatable bonds is 4. The van der Waals surface area contributed by atoms with Crippen LogP contribution in [0.5, 0.6) is 0 Å². The van der Waals surface area contributed by atoms with Crippen LogP contribution in [0, 0.1) is 0 Å². The van der Waals surface area contributed by atoms with Crippen molar-refractivity contribution in [2.75, 3.05) is 5.32 Å². The molecule has 0 atom stereocenters. The molecule has 0 aliphatic rings. The average Bonchev–Trinajstić information content (AvgIpc) is 3.17. The van der Waals surface area contributed by atoms with Gasteiger partial charge in [-0.3, -0.25) is 10.1 Å². The van der Waals surface area contributed by atoms with Crippen LogP contribution in [0.2, 0.25) is 0 Å². The van der Waals surface area contributed by atoms with Gasteiger partial charge in [0.05, 0.1) is 0 Å². The normalized spacial score (nSPS) is 10.9. The van der Waals surface area contributed by atoms with E-state index < -0.39 is 0 Å². The lowest BCUT2D eigenvalue weighted by Crippen LogP contribution is -2.06. The minimum Gasteiger partial charge on any atom is -0.457 e. The van der Waals surface area contributed by atoms with E-state index in [1.807, 2.05) is 42.5 Å². The lowest BCUT2D eigenvalue weighted by atomic mass is 10.2. The molecule has 1 amide bonds. The Labute approximate surface area is 125 Å². The number of nitrogens with zero attached hydrogens (tertiary/aromatic N) is 1. The second-order valence-electron chi connectivity index (χ2n) is 4.23. The zero-order valence-electron chi connectivity index (χ0n) is 11.0. The highest BCUT2D eigenvalue weighted by atomic mass is 32.1. The molecular formula is C16H12N2O2S. The molecule has 0 radical (unpaired) electrons. The molecule has 0 bridgehead atoms. The number of carbonyl (C=O) groups excluding carboxylic acids is 1. The summed E-state index contributed by atoms with van der Waals surface area (Å²) in [6.45, 7) is 0. The molecular weight excluding hydrogens is 284 g/mol. The summed E-state index contributed by atoms with van der Waals surface area (Å²) in [7, 11) is 0. The third-order valence-corrected chi connectivity index (χ3v) is 3.44. The summed E-state index contributed by atoms with van der Waals surface area (Å²) in [4.78, 5) is 15.7. The number of anilines is 1. The average molecular weight is 296 g/mol. The zero-order chi connectivity index (χ0) is 14.5. The Balaban J connectivity index is 1.67. The topological polar surface area (TPSA) is 55.1 Å². The monoisotopic (exact) mass is 296 g/mol. The summed E-state index contributed by atoms with van der Waals surface area (Å²) < 4.78 is 5.68. The molecule has 0 unspecified atom stereocenters. The van der Waals surface area contributed by atoms with E-state index in [1.54, 1.807) is 17.7 Å². The van der Waals surface area contributed by atoms with Crippen LogP contribution in [0.15, 0.2) is 64.5 Å². The van der Waals surface area contributed by atoms with Gasteiger partial charge in [0.25, 0.3) is 0 Å². The predicted octanol–water partition coefficient (Wildman–Crippen LogP) is 4.06. The zero-order valence-corrected chi connectivity index (χ0v) is 11.8. The Kier molecular flexibility index (Phi) is 3.93. The number of hydrogen-bond acceptors (Lipinski definition) is 4. The van der Waals surface area contributed by atoms with Crippen LogP contribution in [0.25, 0.3) is 17.4 Å². The molecule has 3 rings (SSSR count). The van der Waals surface area contributed by atoms with E-state index in [0.29, 0.717) is 10.9 Å². The second-order valence-corrected chi connectivity index (χ2v) is 5.12. The fraction of sp³-hybridized carbons (Fsp3) is 0. The Bertz CT molecular complexity index is 746. The number of thiazole rings is 1. The number of aromatic nitrogens is 1. The van der Waals surface area contributed by atoms with E-state index in [9.17, 15) is 4.79 Å². The second kappa shape index (κ2) is 6.19. The van der Waals surface area contributed by atoms with E-state index in [2.05, 4.69) is 10.3 Å². The molecule has 0 saturated carbocycles. The third kappa shape index (κ3) is 3.46. The van der Waals surface area contributed by atoms with Gasteiger partial charge in [-0.15, -0.1) is 11.3 Å². The maximum Gasteiger partial charge on any atom is 0.250 e. The van der Waals surface area contributed by atoms with E-state index in [-0.39, 0.29) is 5.91 Å². The highest BCUT2D eigenvalue weighted by Gasteiger charge is 2.03. The molecule has 21 heavy (non-hydrogen) atoms. The smallest absolute Gasteiger partial charge is 0.250 e. The van der Waals surface area contributed by atoms with Crippen LogP contribution in [0.4, 0.5) is 5.13 Å². The minimum atomic E-state index is -0.234. The lowest BCUT2D eigenvalue weighted by molar-refractivity contribution is -0.111. The summed E-state index contributed by atoms with van der Waals surface area (Å²) in [6.07, 6.45) is 4.70. The summed E-state index contributed by atoms with van der Waals surface area (Å²) in [6, 6.07) is 13.5. The predicted molar refractivity (Wildman–Crippen MR) is 83.9 cm³/mol. The van der Waals surface area contributed by atoms with Crippen molar-refractivity contribution in [3.05, 3.63) is 65.9 Å². The molecule has 0 aliphatic heterocycles. The van der Waals surface area contributed by atoms with E-state index >= 15 is 0 Å². The van der Waals surface area contributed by atoms with Gasteiger partial charge >= 0.3 is 0 Å². The first-order valence-corrected chi connectivity index (χ1v) is 7.23. The third-order valence-electron chi connectivity index (χ3n) is 2.75. The Morgan fingerprint density at radius 3 is 2.81 bits per heavy atom. The van der Waals surface area contributed by atoms with Crippen molar-refractivity contribution in [1.29, 1.82) is 0 Å². The van der Waals surface area contributed by atoms with E-state index in [0.717, 1.165) is 11.3 Å². The van der Waals surface area contributed by atoms with Crippen molar-refractivity contribution in [1.82, 2.24) is 4.98 Å². The molecule has 0 saturated heterocycles. The first-order chi connectivity index (χ1) is 10.3. The number of carbonyl (C=O) groups is 1. The van der Waals surface area contributed by atoms with Crippen molar-refractivity contribution in [3.63, 3.8) is 0 Å². The molecule has 4 nitrogen and oxygen atoms in total. The van der Waals surface area contributed by atoms with E-state index in [1.165, 1.54) is 17.4 Å². The molecule has 104 valence electrons. The van der Waals surface area contributed by atoms with Crippen LogP contribution >= 0.6 is 11.3 Å². The molecule has 0 fully saturated rings. The summed E-state index contributed by atoms with van der Waals surface area (Å²) in [5.74, 6) is 1.17. The van der Waals surface area contributed by atoms with Gasteiger partial charge in [-0.2, -0.15) is 0 Å². The summed E-state index contributed by atoms with van der Waals surface area (Å²) in [5.41, 5.74) is 1.00. The Morgan fingerprint density at radius 2 is 2.05 bits per heavy atom. The van der Waals surface area contributed by atoms with Gasteiger partial charge in [0.15, 0.2) is 5.13 Å². The Hall–Kier alpha value is -2.66. The van der Waals surface area contributed by atoms with Crippen LogP contribution in [-0.2, 0) is 4.79 Å². The quantitative estimate of drug-likeness (QED) is 0.739. The number of hydrogen-bond donors (Lipinski definition) is 1. The van der Waals surface area contributed by atoms with Crippen LogP contribution in [0.3, 0.4) is 0 Å². The molecule has 3 aromatic rings. The SMILES string of the molecule is O=C(/C=C/c1ccc(-c2ccccc2)o1)Nc1nccs1. The number of furan rings is 1. The van der Waals surface area contributed by atoms with Crippen LogP contribution < -0.4 is 5.32 Å². The van der Waals surface area contributed by atoms with Crippen molar-refractivity contribution < 1.29 is 9.21 Å². The fourth-order valence-electron chi connectivity index (χ4n) is 1.79. The number of nitrogens with one attached hydrogen (secondary N) is 1. The molecule has 1 aromatic carbocycles. The summed E-state index contributed by atoms with van der Waals surface area (Å²) in [5, 5.41) is 5.05. The highest BCUT2D eigenvalue weighted by molar-refractivity contribution is 7.13. The number of amides is 1. The molecule has 0 aliphatic carbocycles. The van der Waals surface area contributed by atoms with Gasteiger partial charge in [-0.25, -0.2) is 4.98 Å². The highest BCUT2D eigenvalue weighted by Crippen LogP contribution is 2.22. The largest absolute Gasteiger partial charge is 0.457 e. The standard InChI is InChI=1S/C16H12N2O2S/c19-15(18-16-17-10-11-21-16)9-7-13-6-8-14(20-13)12-4-2-1-3-5-12/h1-11H,(H,17,18,19)/b9-7+. The van der Waals surface area contributed by atoms with E-state index in [4.69, 9.17) is 4.42 Å². The first-order valence-electron chi connectivity index (χ1n) is 6.35. The van der Waals surface area contributed by atoms with Gasteiger partial charge in [-0.1, -0.05) is 30.3 Å². The minimum absolute atomic E-state index is 0.234. The molecule has 1 N–H and O–H groups in total. The first kappa shape index (κ1) is 13.3. The van der Waals surface area contributed by atoms with Gasteiger partial charge in [0.1, 0.15) is 11.5 Å². The van der Waals surface area contributed by atoms with Crippen LogP contribution in [-0.4, -0.2) is 10.9 Å². The van der Waals surface area contributed by atoms with Crippen LogP contribution in [0.1, 0.15) is 5.76 Å². The van der Waals surface area contributed by atoms with Crippen molar-refractivity contribution in [3.8, 4) is 11.3 Å². The fourth-order valence-corrected chi connectivity index (χ4v) is 2.32. The number of benzene rings is 1. The van der Waals surface area contributed by atoms with Crippen molar-refractivity contribution in [2.45, 2.75) is 0 Å². The van der Waals surface area contributed by atoms with Gasteiger partial charge < -0.3 is 4.42 Å². The Morgan fingerprint density at radius 1 is 1.19 bits per heavy atom. The molecule has 2 heterocycles. The molecule has 5 heteroatoms. The summed E-state index contributed by atoms with van der Waals surface area (Å²) >= 11 is 1.37. The van der Waals surface area contributed by atoms with Gasteiger partial charge in [0, 0.05) is 23.2 Å². The van der Waals surface area contributed by atoms with Crippen molar-refractivity contribution in [2.24, 2.45) is 0 Å². The van der Waals surface area contributed by atoms with Gasteiger partial charge in [0.2, 0.25) is 5.91 Å². The maximum absolute atomic E-state index is 11.7. The van der Waals surface area contributed by atoms with Gasteiger partial charge in [-0.05, 0) is 18.2 Å². The molecule has 0 spiro atoms. The lowest BCUT2D eigenvalue weighted by Gasteiger charge is -1.95.